The van der Waals surface area contributed by atoms with Gasteiger partial charge in [-0.25, -0.2) is 4.79 Å². The molecule has 1 N–H and O–H groups in total. The summed E-state index contributed by atoms with van der Waals surface area (Å²) in [6.45, 7) is 3.00. The third-order valence-corrected chi connectivity index (χ3v) is 2.22. The van der Waals surface area contributed by atoms with E-state index in [4.69, 9.17) is 9.57 Å². The molecule has 0 bridgehead atoms. The van der Waals surface area contributed by atoms with Crippen LogP contribution in [0.2, 0.25) is 0 Å². The fourth-order valence-electron chi connectivity index (χ4n) is 1.44. The van der Waals surface area contributed by atoms with Crippen LogP contribution in [0.5, 0.6) is 5.75 Å². The molecular weight excluding hydrogens is 208 g/mol. The number of piperazine rings is 1. The molecule has 1 aromatic rings. The van der Waals surface area contributed by atoms with Gasteiger partial charge in [0.1, 0.15) is 5.75 Å². The predicted molar refractivity (Wildman–Crippen MR) is 58.0 cm³/mol. The van der Waals surface area contributed by atoms with Gasteiger partial charge in [0, 0.05) is 26.2 Å². The summed E-state index contributed by atoms with van der Waals surface area (Å²) in [5.74, 6) is 0.489. The van der Waals surface area contributed by atoms with Crippen LogP contribution in [-0.2, 0) is 4.84 Å². The minimum Gasteiger partial charge on any atom is -0.394 e. The molecule has 1 aromatic carbocycles. The maximum Gasteiger partial charge on any atom is 0.533 e. The Morgan fingerprint density at radius 3 is 2.56 bits per heavy atom. The highest BCUT2D eigenvalue weighted by Gasteiger charge is 2.15. The minimum atomic E-state index is -0.687. The van der Waals surface area contributed by atoms with Gasteiger partial charge in [-0.2, -0.15) is 0 Å². The first kappa shape index (κ1) is 10.9. The number of hydrogen-bond acceptors (Lipinski definition) is 5. The Hall–Kier alpha value is -1.59. The summed E-state index contributed by atoms with van der Waals surface area (Å²) in [7, 11) is 0. The first-order valence-electron chi connectivity index (χ1n) is 5.25. The van der Waals surface area contributed by atoms with Crippen molar-refractivity contribution >= 4 is 6.16 Å². The van der Waals surface area contributed by atoms with E-state index >= 15 is 0 Å². The van der Waals surface area contributed by atoms with Crippen LogP contribution in [0.3, 0.4) is 0 Å². The second-order valence-corrected chi connectivity index (χ2v) is 3.44. The van der Waals surface area contributed by atoms with Crippen LogP contribution in [-0.4, -0.2) is 37.4 Å². The molecule has 86 valence electrons. The predicted octanol–water partition coefficient (Wildman–Crippen LogP) is 1.02. The van der Waals surface area contributed by atoms with Crippen molar-refractivity contribution in [3.63, 3.8) is 0 Å². The van der Waals surface area contributed by atoms with Gasteiger partial charge < -0.3 is 14.9 Å². The zero-order valence-electron chi connectivity index (χ0n) is 8.89. The number of para-hydroxylation sites is 1. The number of nitrogens with one attached hydrogen (secondary N) is 1. The third kappa shape index (κ3) is 3.22. The van der Waals surface area contributed by atoms with E-state index < -0.39 is 6.16 Å². The van der Waals surface area contributed by atoms with E-state index in [1.807, 2.05) is 6.07 Å². The van der Waals surface area contributed by atoms with E-state index in [2.05, 4.69) is 5.32 Å². The van der Waals surface area contributed by atoms with E-state index in [9.17, 15) is 4.79 Å². The van der Waals surface area contributed by atoms with Crippen LogP contribution in [0.1, 0.15) is 0 Å². The van der Waals surface area contributed by atoms with Gasteiger partial charge in [-0.1, -0.05) is 18.2 Å². The molecule has 0 atom stereocenters. The van der Waals surface area contributed by atoms with E-state index in [0.29, 0.717) is 18.8 Å². The van der Waals surface area contributed by atoms with Crippen molar-refractivity contribution in [2.24, 2.45) is 0 Å². The molecule has 16 heavy (non-hydrogen) atoms. The molecule has 1 heterocycles. The van der Waals surface area contributed by atoms with Gasteiger partial charge in [0.2, 0.25) is 0 Å². The van der Waals surface area contributed by atoms with E-state index in [1.54, 1.807) is 29.3 Å². The van der Waals surface area contributed by atoms with Crippen LogP contribution in [0.15, 0.2) is 30.3 Å². The number of nitrogens with zero attached hydrogens (tertiary/aromatic N) is 1. The second kappa shape index (κ2) is 5.48. The lowest BCUT2D eigenvalue weighted by molar-refractivity contribution is -0.121. The number of hydroxylamine groups is 2. The highest BCUT2D eigenvalue weighted by Crippen LogP contribution is 2.09. The molecule has 1 saturated heterocycles. The van der Waals surface area contributed by atoms with Crippen LogP contribution in [0, 0.1) is 0 Å². The molecule has 1 fully saturated rings. The molecule has 0 spiro atoms. The molecule has 0 aromatic heterocycles. The highest BCUT2D eigenvalue weighted by molar-refractivity contribution is 5.63. The number of ether oxygens (including phenoxy) is 1. The van der Waals surface area contributed by atoms with E-state index in [-0.39, 0.29) is 0 Å². The van der Waals surface area contributed by atoms with Gasteiger partial charge in [0.05, 0.1) is 0 Å². The van der Waals surface area contributed by atoms with Crippen molar-refractivity contribution in [2.75, 3.05) is 26.2 Å². The van der Waals surface area contributed by atoms with Gasteiger partial charge in [-0.15, -0.1) is 5.06 Å². The second-order valence-electron chi connectivity index (χ2n) is 3.44. The van der Waals surface area contributed by atoms with Crippen LogP contribution >= 0.6 is 0 Å². The summed E-state index contributed by atoms with van der Waals surface area (Å²) in [5.41, 5.74) is 0. The first-order chi connectivity index (χ1) is 7.84. The van der Waals surface area contributed by atoms with Crippen molar-refractivity contribution in [2.45, 2.75) is 0 Å². The molecule has 5 nitrogen and oxygen atoms in total. The summed E-state index contributed by atoms with van der Waals surface area (Å²) in [6.07, 6.45) is -0.687. The Morgan fingerprint density at radius 1 is 1.19 bits per heavy atom. The molecule has 2 rings (SSSR count). The number of carbonyl (C=O) groups is 1. The van der Waals surface area contributed by atoms with Gasteiger partial charge in [0.25, 0.3) is 0 Å². The van der Waals surface area contributed by atoms with Crippen LogP contribution in [0.4, 0.5) is 4.79 Å². The maximum absolute atomic E-state index is 11.4. The van der Waals surface area contributed by atoms with E-state index in [0.717, 1.165) is 13.1 Å². The zero-order valence-corrected chi connectivity index (χ0v) is 8.89. The fourth-order valence-corrected chi connectivity index (χ4v) is 1.44. The number of benzene rings is 1. The largest absolute Gasteiger partial charge is 0.533 e. The molecule has 5 heteroatoms. The van der Waals surface area contributed by atoms with Crippen molar-refractivity contribution < 1.29 is 14.4 Å². The van der Waals surface area contributed by atoms with Gasteiger partial charge >= 0.3 is 6.16 Å². The molecular formula is C11H14N2O3. The molecule has 1 aliphatic heterocycles. The number of rotatable bonds is 2. The maximum atomic E-state index is 11.4. The Balaban J connectivity index is 1.80. The quantitative estimate of drug-likeness (QED) is 0.598. The lowest BCUT2D eigenvalue weighted by Gasteiger charge is -2.24. The van der Waals surface area contributed by atoms with Gasteiger partial charge in [-0.3, -0.25) is 0 Å². The average molecular weight is 222 g/mol. The Labute approximate surface area is 93.9 Å². The molecule has 0 saturated carbocycles. The van der Waals surface area contributed by atoms with Crippen molar-refractivity contribution in [1.82, 2.24) is 10.4 Å². The monoisotopic (exact) mass is 222 g/mol. The lowest BCUT2D eigenvalue weighted by atomic mass is 10.3. The molecule has 1 aliphatic rings. The minimum absolute atomic E-state index is 0.489. The van der Waals surface area contributed by atoms with Crippen molar-refractivity contribution in [3.05, 3.63) is 30.3 Å². The summed E-state index contributed by atoms with van der Waals surface area (Å²) in [5, 5.41) is 4.76. The highest BCUT2D eigenvalue weighted by atomic mass is 16.8. The fraction of sp³-hybridized carbons (Fsp3) is 0.364. The Morgan fingerprint density at radius 2 is 1.88 bits per heavy atom. The molecule has 0 radical (unpaired) electrons. The average Bonchev–Trinajstić information content (AvgIpc) is 2.31. The van der Waals surface area contributed by atoms with E-state index in [1.165, 1.54) is 0 Å². The van der Waals surface area contributed by atoms with Crippen molar-refractivity contribution in [3.8, 4) is 5.75 Å². The SMILES string of the molecule is O=C(Oc1ccccc1)ON1CCNCC1. The van der Waals surface area contributed by atoms with Crippen molar-refractivity contribution in [1.29, 1.82) is 0 Å². The molecule has 0 amide bonds. The number of carbonyl (C=O) groups excluding carboxylic acids is 1. The van der Waals surface area contributed by atoms with Gasteiger partial charge in [-0.05, 0) is 12.1 Å². The summed E-state index contributed by atoms with van der Waals surface area (Å²) in [6, 6.07) is 8.87. The molecule has 0 aliphatic carbocycles. The van der Waals surface area contributed by atoms with Crippen LogP contribution in [0.25, 0.3) is 0 Å². The first-order valence-corrected chi connectivity index (χ1v) is 5.25. The third-order valence-electron chi connectivity index (χ3n) is 2.22. The normalized spacial score (nSPS) is 16.8. The van der Waals surface area contributed by atoms with Crippen LogP contribution < -0.4 is 10.1 Å². The molecule has 0 unspecified atom stereocenters. The number of hydrogen-bond donors (Lipinski definition) is 1. The smallest absolute Gasteiger partial charge is 0.394 e. The Kier molecular flexibility index (Phi) is 3.74. The van der Waals surface area contributed by atoms with Gasteiger partial charge in [0.15, 0.2) is 0 Å². The topological polar surface area (TPSA) is 50.8 Å². The summed E-state index contributed by atoms with van der Waals surface area (Å²) < 4.78 is 4.99. The standard InChI is InChI=1S/C11H14N2O3/c14-11(15-10-4-2-1-3-5-10)16-13-8-6-12-7-9-13/h1-5,12H,6-9H2. The zero-order chi connectivity index (χ0) is 11.2. The Bertz CT molecular complexity index is 336. The lowest BCUT2D eigenvalue weighted by Crippen LogP contribution is -2.44. The summed E-state index contributed by atoms with van der Waals surface area (Å²) in [4.78, 5) is 16.4. The summed E-state index contributed by atoms with van der Waals surface area (Å²) >= 11 is 0.